The maximum absolute atomic E-state index is 12.5. The topological polar surface area (TPSA) is 50.4 Å². The van der Waals surface area contributed by atoms with Gasteiger partial charge in [0.1, 0.15) is 5.75 Å². The van der Waals surface area contributed by atoms with Crippen LogP contribution in [0.15, 0.2) is 49.0 Å². The van der Waals surface area contributed by atoms with Gasteiger partial charge in [0.2, 0.25) is 0 Å². The highest BCUT2D eigenvalue weighted by molar-refractivity contribution is 5.90. The van der Waals surface area contributed by atoms with Gasteiger partial charge in [0.15, 0.2) is 0 Å². The van der Waals surface area contributed by atoms with E-state index in [1.807, 2.05) is 57.2 Å². The second kappa shape index (κ2) is 7.24. The van der Waals surface area contributed by atoms with Crippen LogP contribution in [0.25, 0.3) is 5.57 Å². The summed E-state index contributed by atoms with van der Waals surface area (Å²) in [6, 6.07) is 13.7. The number of urea groups is 1. The summed E-state index contributed by atoms with van der Waals surface area (Å²) in [5, 5.41) is 5.95. The van der Waals surface area contributed by atoms with Gasteiger partial charge in [-0.2, -0.15) is 0 Å². The maximum atomic E-state index is 12.5. The number of anilines is 1. The predicted molar refractivity (Wildman–Crippen MR) is 107 cm³/mol. The Kier molecular flexibility index (Phi) is 5.03. The number of hydrogen-bond donors (Lipinski definition) is 2. The van der Waals surface area contributed by atoms with Crippen molar-refractivity contribution in [3.63, 3.8) is 0 Å². The first-order chi connectivity index (χ1) is 12.3. The van der Waals surface area contributed by atoms with Crippen molar-refractivity contribution in [2.45, 2.75) is 39.2 Å². The SMILES string of the molecule is C=C(C)c1cccc(C(C)(C)NC(=O)Nc2ccc3c(c2)OCCC3)c1. The molecule has 0 aromatic heterocycles. The summed E-state index contributed by atoms with van der Waals surface area (Å²) in [6.07, 6.45) is 2.06. The highest BCUT2D eigenvalue weighted by Gasteiger charge is 2.23. The van der Waals surface area contributed by atoms with Crippen molar-refractivity contribution in [3.8, 4) is 5.75 Å². The Hall–Kier alpha value is -2.75. The van der Waals surface area contributed by atoms with Crippen molar-refractivity contribution >= 4 is 17.3 Å². The third-order valence-corrected chi connectivity index (χ3v) is 4.68. The van der Waals surface area contributed by atoms with E-state index in [4.69, 9.17) is 4.74 Å². The van der Waals surface area contributed by atoms with Crippen molar-refractivity contribution in [1.82, 2.24) is 5.32 Å². The molecule has 3 rings (SSSR count). The van der Waals surface area contributed by atoms with Crippen LogP contribution in [-0.4, -0.2) is 12.6 Å². The van der Waals surface area contributed by atoms with Gasteiger partial charge in [-0.3, -0.25) is 0 Å². The molecule has 0 fully saturated rings. The fourth-order valence-electron chi connectivity index (χ4n) is 3.11. The first-order valence-corrected chi connectivity index (χ1v) is 8.96. The fraction of sp³-hybridized carbons (Fsp3) is 0.318. The van der Waals surface area contributed by atoms with Crippen LogP contribution >= 0.6 is 0 Å². The number of hydrogen-bond acceptors (Lipinski definition) is 2. The van der Waals surface area contributed by atoms with E-state index in [1.54, 1.807) is 0 Å². The van der Waals surface area contributed by atoms with Crippen LogP contribution in [-0.2, 0) is 12.0 Å². The number of nitrogens with one attached hydrogen (secondary N) is 2. The van der Waals surface area contributed by atoms with Gasteiger partial charge < -0.3 is 15.4 Å². The van der Waals surface area contributed by atoms with Crippen LogP contribution in [0.2, 0.25) is 0 Å². The zero-order chi connectivity index (χ0) is 18.7. The van der Waals surface area contributed by atoms with E-state index in [-0.39, 0.29) is 6.03 Å². The molecule has 0 saturated carbocycles. The normalized spacial score (nSPS) is 13.3. The van der Waals surface area contributed by atoms with Crippen LogP contribution in [0.4, 0.5) is 10.5 Å². The van der Waals surface area contributed by atoms with Crippen LogP contribution in [0.3, 0.4) is 0 Å². The molecular formula is C22H26N2O2. The smallest absolute Gasteiger partial charge is 0.319 e. The van der Waals surface area contributed by atoms with E-state index >= 15 is 0 Å². The number of aryl methyl sites for hydroxylation is 1. The Morgan fingerprint density at radius 3 is 2.77 bits per heavy atom. The lowest BCUT2D eigenvalue weighted by Crippen LogP contribution is -2.43. The first kappa shape index (κ1) is 18.1. The molecule has 0 bridgehead atoms. The van der Waals surface area contributed by atoms with Gasteiger partial charge in [0, 0.05) is 11.8 Å². The second-order valence-corrected chi connectivity index (χ2v) is 7.34. The highest BCUT2D eigenvalue weighted by Crippen LogP contribution is 2.28. The van der Waals surface area contributed by atoms with Crippen molar-refractivity contribution in [1.29, 1.82) is 0 Å². The zero-order valence-corrected chi connectivity index (χ0v) is 15.7. The molecule has 4 nitrogen and oxygen atoms in total. The van der Waals surface area contributed by atoms with Gasteiger partial charge >= 0.3 is 6.03 Å². The number of allylic oxidation sites excluding steroid dienone is 1. The third-order valence-electron chi connectivity index (χ3n) is 4.68. The lowest BCUT2D eigenvalue weighted by atomic mass is 9.92. The zero-order valence-electron chi connectivity index (χ0n) is 15.7. The fourth-order valence-corrected chi connectivity index (χ4v) is 3.11. The van der Waals surface area contributed by atoms with Crippen molar-refractivity contribution < 1.29 is 9.53 Å². The first-order valence-electron chi connectivity index (χ1n) is 8.96. The standard InChI is InChI=1S/C22H26N2O2/c1-15(2)17-7-5-9-18(13-17)22(3,4)24-21(25)23-19-11-10-16-8-6-12-26-20(16)14-19/h5,7,9-11,13-14H,1,6,8,12H2,2-4H3,(H2,23,24,25). The molecule has 0 radical (unpaired) electrons. The molecule has 2 aromatic carbocycles. The van der Waals surface area contributed by atoms with Gasteiger partial charge in [-0.1, -0.05) is 36.4 Å². The quantitative estimate of drug-likeness (QED) is 0.806. The average molecular weight is 350 g/mol. The van der Waals surface area contributed by atoms with E-state index in [0.717, 1.165) is 47.6 Å². The minimum absolute atomic E-state index is 0.244. The largest absolute Gasteiger partial charge is 0.493 e. The summed E-state index contributed by atoms with van der Waals surface area (Å²) in [6.45, 7) is 10.7. The number of rotatable bonds is 4. The van der Waals surface area contributed by atoms with Crippen molar-refractivity contribution in [3.05, 3.63) is 65.7 Å². The molecule has 2 aromatic rings. The summed E-state index contributed by atoms with van der Waals surface area (Å²) in [7, 11) is 0. The molecule has 1 aliphatic heterocycles. The number of carbonyl (C=O) groups excluding carboxylic acids is 1. The second-order valence-electron chi connectivity index (χ2n) is 7.34. The molecule has 1 aliphatic rings. The van der Waals surface area contributed by atoms with Gasteiger partial charge in [0.25, 0.3) is 0 Å². The number of carbonyl (C=O) groups is 1. The summed E-state index contributed by atoms with van der Waals surface area (Å²) in [4.78, 5) is 12.5. The Morgan fingerprint density at radius 1 is 1.19 bits per heavy atom. The van der Waals surface area contributed by atoms with E-state index < -0.39 is 5.54 Å². The third kappa shape index (κ3) is 4.07. The molecule has 0 saturated heterocycles. The maximum Gasteiger partial charge on any atom is 0.319 e. The molecule has 0 unspecified atom stereocenters. The van der Waals surface area contributed by atoms with E-state index in [0.29, 0.717) is 0 Å². The molecule has 136 valence electrons. The minimum Gasteiger partial charge on any atom is -0.493 e. The molecule has 2 N–H and O–H groups in total. The summed E-state index contributed by atoms with van der Waals surface area (Å²) in [5.41, 5.74) is 4.52. The van der Waals surface area contributed by atoms with Crippen LogP contribution in [0.1, 0.15) is 43.9 Å². The number of ether oxygens (including phenoxy) is 1. The van der Waals surface area contributed by atoms with Gasteiger partial charge in [0.05, 0.1) is 12.1 Å². The minimum atomic E-state index is -0.514. The summed E-state index contributed by atoms with van der Waals surface area (Å²) < 4.78 is 5.67. The molecule has 0 spiro atoms. The predicted octanol–water partition coefficient (Wildman–Crippen LogP) is 5.10. The Balaban J connectivity index is 1.70. The summed E-state index contributed by atoms with van der Waals surface area (Å²) >= 11 is 0. The average Bonchev–Trinajstić information content (AvgIpc) is 2.61. The monoisotopic (exact) mass is 350 g/mol. The molecule has 2 amide bonds. The highest BCUT2D eigenvalue weighted by atomic mass is 16.5. The Morgan fingerprint density at radius 2 is 2.00 bits per heavy atom. The van der Waals surface area contributed by atoms with Crippen LogP contribution in [0, 0.1) is 0 Å². The van der Waals surface area contributed by atoms with Crippen molar-refractivity contribution in [2.75, 3.05) is 11.9 Å². The molecule has 0 aliphatic carbocycles. The molecule has 4 heteroatoms. The lowest BCUT2D eigenvalue weighted by Gasteiger charge is -2.28. The van der Waals surface area contributed by atoms with Gasteiger partial charge in [-0.15, -0.1) is 0 Å². The van der Waals surface area contributed by atoms with Crippen LogP contribution < -0.4 is 15.4 Å². The van der Waals surface area contributed by atoms with E-state index in [9.17, 15) is 4.79 Å². The van der Waals surface area contributed by atoms with Gasteiger partial charge in [-0.05, 0) is 62.4 Å². The number of benzene rings is 2. The Bertz CT molecular complexity index is 840. The molecule has 26 heavy (non-hydrogen) atoms. The van der Waals surface area contributed by atoms with Crippen LogP contribution in [0.5, 0.6) is 5.75 Å². The van der Waals surface area contributed by atoms with E-state index in [1.165, 1.54) is 5.56 Å². The van der Waals surface area contributed by atoms with Crippen molar-refractivity contribution in [2.24, 2.45) is 0 Å². The Labute approximate surface area is 155 Å². The molecule has 0 atom stereocenters. The van der Waals surface area contributed by atoms with E-state index in [2.05, 4.69) is 23.3 Å². The molecular weight excluding hydrogens is 324 g/mol. The lowest BCUT2D eigenvalue weighted by molar-refractivity contribution is 0.242. The summed E-state index contributed by atoms with van der Waals surface area (Å²) in [5.74, 6) is 0.863. The molecule has 1 heterocycles. The van der Waals surface area contributed by atoms with Gasteiger partial charge in [-0.25, -0.2) is 4.79 Å². The number of fused-ring (bicyclic) bond motifs is 1. The number of amides is 2.